The summed E-state index contributed by atoms with van der Waals surface area (Å²) in [6.07, 6.45) is 1.79. The minimum absolute atomic E-state index is 0.194. The third-order valence-corrected chi connectivity index (χ3v) is 3.98. The second kappa shape index (κ2) is 5.17. The van der Waals surface area contributed by atoms with E-state index in [2.05, 4.69) is 25.5 Å². The molecule has 21 heavy (non-hydrogen) atoms. The highest BCUT2D eigenvalue weighted by molar-refractivity contribution is 7.09. The maximum atomic E-state index is 12.3. The van der Waals surface area contributed by atoms with Gasteiger partial charge >= 0.3 is 0 Å². The smallest absolute Gasteiger partial charge is 0.272 e. The summed E-state index contributed by atoms with van der Waals surface area (Å²) < 4.78 is 0. The average Bonchev–Trinajstić information content (AvgIpc) is 3.15. The maximum Gasteiger partial charge on any atom is 0.272 e. The molecule has 0 spiro atoms. The summed E-state index contributed by atoms with van der Waals surface area (Å²) in [5.74, 6) is -0.194. The highest BCUT2D eigenvalue weighted by Gasteiger charge is 2.14. The summed E-state index contributed by atoms with van der Waals surface area (Å²) in [5, 5.41) is 12.7. The van der Waals surface area contributed by atoms with Crippen LogP contribution in [0, 0.1) is 20.8 Å². The first-order valence-corrected chi connectivity index (χ1v) is 7.36. The molecule has 3 heterocycles. The van der Waals surface area contributed by atoms with Gasteiger partial charge in [0, 0.05) is 17.1 Å². The van der Waals surface area contributed by atoms with Crippen molar-refractivity contribution in [1.29, 1.82) is 0 Å². The fourth-order valence-electron chi connectivity index (χ4n) is 2.09. The first kappa shape index (κ1) is 13.6. The van der Waals surface area contributed by atoms with E-state index in [0.717, 1.165) is 33.3 Å². The van der Waals surface area contributed by atoms with E-state index in [1.807, 2.05) is 26.2 Å². The lowest BCUT2D eigenvalue weighted by Crippen LogP contribution is -2.13. The van der Waals surface area contributed by atoms with Gasteiger partial charge in [-0.3, -0.25) is 9.89 Å². The lowest BCUT2D eigenvalue weighted by molar-refractivity contribution is 0.102. The first-order valence-electron chi connectivity index (χ1n) is 6.48. The predicted molar refractivity (Wildman–Crippen MR) is 82.7 cm³/mol. The maximum absolute atomic E-state index is 12.3. The van der Waals surface area contributed by atoms with Crippen LogP contribution in [0.4, 0.5) is 5.69 Å². The molecule has 7 heteroatoms. The molecule has 3 N–H and O–H groups in total. The third kappa shape index (κ3) is 2.59. The number of rotatable bonds is 3. The fourth-order valence-corrected chi connectivity index (χ4v) is 2.71. The Morgan fingerprint density at radius 2 is 2.14 bits per heavy atom. The number of H-pyrrole nitrogens is 2. The van der Waals surface area contributed by atoms with Gasteiger partial charge < -0.3 is 10.3 Å². The number of aromatic amines is 2. The van der Waals surface area contributed by atoms with Gasteiger partial charge in [0.25, 0.3) is 5.91 Å². The average molecular weight is 301 g/mol. The number of nitrogens with zero attached hydrogens (tertiary/aromatic N) is 2. The van der Waals surface area contributed by atoms with Crippen LogP contribution in [0.15, 0.2) is 17.6 Å². The van der Waals surface area contributed by atoms with Crippen LogP contribution >= 0.6 is 11.3 Å². The number of amides is 1. The monoisotopic (exact) mass is 301 g/mol. The molecule has 0 bridgehead atoms. The second-order valence-corrected chi connectivity index (χ2v) is 5.88. The predicted octanol–water partition coefficient (Wildman–Crippen LogP) is 3.04. The molecule has 6 nitrogen and oxygen atoms in total. The second-order valence-electron chi connectivity index (χ2n) is 4.82. The molecule has 0 fully saturated rings. The van der Waals surface area contributed by atoms with E-state index in [4.69, 9.17) is 0 Å². The Kier molecular flexibility index (Phi) is 3.34. The summed E-state index contributed by atoms with van der Waals surface area (Å²) in [5.41, 5.74) is 4.61. The van der Waals surface area contributed by atoms with Crippen LogP contribution in [0.25, 0.3) is 11.3 Å². The number of aromatic nitrogens is 4. The molecule has 0 aliphatic heterocycles. The molecule has 1 amide bonds. The van der Waals surface area contributed by atoms with E-state index >= 15 is 0 Å². The third-order valence-electron chi connectivity index (χ3n) is 3.21. The first-order chi connectivity index (χ1) is 10.0. The van der Waals surface area contributed by atoms with Gasteiger partial charge in [0.05, 0.1) is 27.8 Å². The van der Waals surface area contributed by atoms with Crippen LogP contribution in [0.3, 0.4) is 0 Å². The summed E-state index contributed by atoms with van der Waals surface area (Å²) in [4.78, 5) is 19.7. The number of thiazole rings is 1. The quantitative estimate of drug-likeness (QED) is 0.695. The molecule has 0 saturated heterocycles. The molecule has 0 atom stereocenters. The Balaban J connectivity index is 1.81. The molecule has 3 aromatic heterocycles. The largest absolute Gasteiger partial charge is 0.357 e. The Bertz CT molecular complexity index is 779. The van der Waals surface area contributed by atoms with E-state index in [1.54, 1.807) is 23.6 Å². The molecule has 3 rings (SSSR count). The highest BCUT2D eigenvalue weighted by atomic mass is 32.1. The van der Waals surface area contributed by atoms with Gasteiger partial charge in [-0.25, -0.2) is 4.98 Å². The van der Waals surface area contributed by atoms with Crippen molar-refractivity contribution in [2.75, 3.05) is 5.32 Å². The fraction of sp³-hybridized carbons (Fsp3) is 0.214. The zero-order valence-corrected chi connectivity index (χ0v) is 12.8. The van der Waals surface area contributed by atoms with Crippen molar-refractivity contribution in [1.82, 2.24) is 20.2 Å². The van der Waals surface area contributed by atoms with Crippen molar-refractivity contribution in [3.05, 3.63) is 39.7 Å². The highest BCUT2D eigenvalue weighted by Crippen LogP contribution is 2.23. The Hall–Kier alpha value is -2.41. The van der Waals surface area contributed by atoms with Crippen LogP contribution in [0.2, 0.25) is 0 Å². The molecule has 0 aliphatic carbocycles. The van der Waals surface area contributed by atoms with Crippen LogP contribution in [-0.4, -0.2) is 26.1 Å². The van der Waals surface area contributed by atoms with Gasteiger partial charge in [0.1, 0.15) is 5.69 Å². The van der Waals surface area contributed by atoms with Crippen LogP contribution in [0.1, 0.15) is 26.9 Å². The number of hydrogen-bond donors (Lipinski definition) is 3. The van der Waals surface area contributed by atoms with Gasteiger partial charge in [-0.15, -0.1) is 11.3 Å². The van der Waals surface area contributed by atoms with Gasteiger partial charge in [-0.05, 0) is 26.8 Å². The molecular formula is C14H15N5OS. The van der Waals surface area contributed by atoms with Crippen molar-refractivity contribution in [2.45, 2.75) is 20.8 Å². The molecular weight excluding hydrogens is 286 g/mol. The van der Waals surface area contributed by atoms with Gasteiger partial charge in [0.15, 0.2) is 0 Å². The van der Waals surface area contributed by atoms with E-state index in [0.29, 0.717) is 5.69 Å². The van der Waals surface area contributed by atoms with Crippen molar-refractivity contribution in [3.63, 3.8) is 0 Å². The molecule has 0 saturated carbocycles. The van der Waals surface area contributed by atoms with Crippen molar-refractivity contribution >= 4 is 22.9 Å². The lowest BCUT2D eigenvalue weighted by Gasteiger charge is -2.03. The Morgan fingerprint density at radius 3 is 2.76 bits per heavy atom. The van der Waals surface area contributed by atoms with Crippen molar-refractivity contribution in [3.8, 4) is 11.3 Å². The normalized spacial score (nSPS) is 10.8. The zero-order valence-electron chi connectivity index (χ0n) is 11.9. The van der Waals surface area contributed by atoms with E-state index in [9.17, 15) is 4.79 Å². The van der Waals surface area contributed by atoms with Crippen molar-refractivity contribution in [2.24, 2.45) is 0 Å². The van der Waals surface area contributed by atoms with E-state index < -0.39 is 0 Å². The summed E-state index contributed by atoms with van der Waals surface area (Å²) in [6.45, 7) is 5.67. The van der Waals surface area contributed by atoms with Crippen LogP contribution in [-0.2, 0) is 0 Å². The number of carbonyl (C=O) groups excluding carboxylic acids is 1. The summed E-state index contributed by atoms with van der Waals surface area (Å²) in [6, 6.07) is 1.80. The van der Waals surface area contributed by atoms with Gasteiger partial charge in [-0.2, -0.15) is 5.10 Å². The van der Waals surface area contributed by atoms with Gasteiger partial charge in [-0.1, -0.05) is 0 Å². The van der Waals surface area contributed by atoms with Crippen LogP contribution in [0.5, 0.6) is 0 Å². The Labute approximate surface area is 125 Å². The molecule has 0 aromatic carbocycles. The zero-order chi connectivity index (χ0) is 15.0. The Morgan fingerprint density at radius 1 is 1.33 bits per heavy atom. The summed E-state index contributed by atoms with van der Waals surface area (Å²) >= 11 is 1.59. The topological polar surface area (TPSA) is 86.5 Å². The van der Waals surface area contributed by atoms with E-state index in [-0.39, 0.29) is 5.91 Å². The van der Waals surface area contributed by atoms with Crippen LogP contribution < -0.4 is 5.32 Å². The minimum Gasteiger partial charge on any atom is -0.357 e. The summed E-state index contributed by atoms with van der Waals surface area (Å²) in [7, 11) is 0. The number of carbonyl (C=O) groups is 1. The van der Waals surface area contributed by atoms with E-state index in [1.165, 1.54) is 0 Å². The molecule has 0 unspecified atom stereocenters. The van der Waals surface area contributed by atoms with Gasteiger partial charge in [0.2, 0.25) is 0 Å². The molecule has 0 aliphatic rings. The SMILES string of the molecule is Cc1nc(-c2c[nH]c(C(=O)Nc3c(C)n[nH]c3C)c2)cs1. The van der Waals surface area contributed by atoms with Crippen molar-refractivity contribution < 1.29 is 4.79 Å². The number of anilines is 1. The number of aryl methyl sites for hydroxylation is 3. The lowest BCUT2D eigenvalue weighted by atomic mass is 10.2. The standard InChI is InChI=1S/C14H15N5OS/c1-7-13(8(2)19-18-7)17-14(20)11-4-10(5-15-11)12-6-21-9(3)16-12/h4-6,15H,1-3H3,(H,17,20)(H,18,19). The minimum atomic E-state index is -0.194. The number of nitrogens with one attached hydrogen (secondary N) is 3. The molecule has 3 aromatic rings. The molecule has 0 radical (unpaired) electrons. The molecule has 108 valence electrons. The number of hydrogen-bond acceptors (Lipinski definition) is 4.